The number of hydrogen-bond donors (Lipinski definition) is 2. The van der Waals surface area contributed by atoms with Crippen LogP contribution in [0.1, 0.15) is 65.7 Å². The lowest BCUT2D eigenvalue weighted by Gasteiger charge is -2.34. The number of rotatable bonds is 6. The van der Waals surface area contributed by atoms with Gasteiger partial charge in [0, 0.05) is 25.2 Å². The van der Waals surface area contributed by atoms with E-state index >= 15 is 0 Å². The van der Waals surface area contributed by atoms with Gasteiger partial charge in [0.15, 0.2) is 0 Å². The third-order valence-electron chi connectivity index (χ3n) is 6.13. The highest BCUT2D eigenvalue weighted by Gasteiger charge is 2.25. The summed E-state index contributed by atoms with van der Waals surface area (Å²) in [6.07, 6.45) is 9.55. The summed E-state index contributed by atoms with van der Waals surface area (Å²) in [6, 6.07) is 4.74. The smallest absolute Gasteiger partial charge is 0.407 e. The van der Waals surface area contributed by atoms with E-state index < -0.39 is 5.60 Å². The molecule has 1 amide bonds. The van der Waals surface area contributed by atoms with Gasteiger partial charge in [-0.05, 0) is 90.3 Å². The quantitative estimate of drug-likeness (QED) is 0.629. The Morgan fingerprint density at radius 1 is 1.13 bits per heavy atom. The van der Waals surface area contributed by atoms with E-state index in [1.54, 1.807) is 0 Å². The molecule has 2 N–H and O–H groups in total. The van der Waals surface area contributed by atoms with E-state index in [9.17, 15) is 4.79 Å². The van der Waals surface area contributed by atoms with Crippen LogP contribution in [-0.2, 0) is 4.74 Å². The van der Waals surface area contributed by atoms with Gasteiger partial charge in [0.2, 0.25) is 0 Å². The van der Waals surface area contributed by atoms with E-state index in [0.717, 1.165) is 51.2 Å². The van der Waals surface area contributed by atoms with E-state index in [2.05, 4.69) is 26.6 Å². The zero-order chi connectivity index (χ0) is 21.6. The van der Waals surface area contributed by atoms with E-state index in [-0.39, 0.29) is 12.1 Å². The lowest BCUT2D eigenvalue weighted by molar-refractivity contribution is 0.0489. The molecule has 2 aliphatic rings. The first-order valence-corrected chi connectivity index (χ1v) is 11.8. The highest BCUT2D eigenvalue weighted by Crippen LogP contribution is 2.25. The lowest BCUT2D eigenvalue weighted by Crippen LogP contribution is -2.44. The second-order valence-electron chi connectivity index (χ2n) is 9.71. The van der Waals surface area contributed by atoms with E-state index in [1.165, 1.54) is 24.9 Å². The highest BCUT2D eigenvalue weighted by atomic mass is 35.5. The van der Waals surface area contributed by atoms with Gasteiger partial charge >= 0.3 is 6.09 Å². The maximum atomic E-state index is 11.9. The number of anilines is 1. The molecule has 0 spiro atoms. The summed E-state index contributed by atoms with van der Waals surface area (Å²) < 4.78 is 5.36. The van der Waals surface area contributed by atoms with Gasteiger partial charge in [-0.15, -0.1) is 0 Å². The summed E-state index contributed by atoms with van der Waals surface area (Å²) in [5.74, 6) is 0.791. The fourth-order valence-corrected chi connectivity index (χ4v) is 4.55. The summed E-state index contributed by atoms with van der Waals surface area (Å²) in [7, 11) is 0. The fourth-order valence-electron chi connectivity index (χ4n) is 4.44. The molecule has 0 atom stereocenters. The Bertz CT molecular complexity index is 661. The summed E-state index contributed by atoms with van der Waals surface area (Å²) in [5.41, 5.74) is 0.734. The number of piperidine rings is 1. The first-order valence-electron chi connectivity index (χ1n) is 11.4. The standard InChI is InChI=1S/C23H37ClN4O2/c1-23(2,3)30-22(29)27-19-6-4-18(5-7-19)25-13-10-17-11-14-28(15-12-17)20-8-9-21(24)26-16-20/h8-9,16-19,25H,4-7,10-15H2,1-3H3,(H,27,29). The van der Waals surface area contributed by atoms with Crippen LogP contribution in [0.4, 0.5) is 10.5 Å². The summed E-state index contributed by atoms with van der Waals surface area (Å²) in [4.78, 5) is 18.5. The Labute approximate surface area is 186 Å². The number of amides is 1. The summed E-state index contributed by atoms with van der Waals surface area (Å²) >= 11 is 5.89. The molecule has 0 bridgehead atoms. The largest absolute Gasteiger partial charge is 0.444 e. The molecule has 1 saturated carbocycles. The fraction of sp³-hybridized carbons (Fsp3) is 0.739. The monoisotopic (exact) mass is 436 g/mol. The third kappa shape index (κ3) is 7.62. The maximum absolute atomic E-state index is 11.9. The first-order chi connectivity index (χ1) is 14.3. The molecule has 1 aromatic heterocycles. The number of nitrogens with one attached hydrogen (secondary N) is 2. The minimum atomic E-state index is -0.440. The van der Waals surface area contributed by atoms with Crippen molar-refractivity contribution in [2.75, 3.05) is 24.5 Å². The molecule has 0 unspecified atom stereocenters. The molecule has 1 aromatic rings. The number of carbonyl (C=O) groups excluding carboxylic acids is 1. The number of hydrogen-bond acceptors (Lipinski definition) is 5. The van der Waals surface area contributed by atoms with Crippen LogP contribution in [0.2, 0.25) is 5.15 Å². The van der Waals surface area contributed by atoms with Gasteiger partial charge in [-0.1, -0.05) is 11.6 Å². The zero-order valence-electron chi connectivity index (χ0n) is 18.6. The average Bonchev–Trinajstić information content (AvgIpc) is 2.69. The van der Waals surface area contributed by atoms with E-state index in [4.69, 9.17) is 16.3 Å². The third-order valence-corrected chi connectivity index (χ3v) is 6.35. The molecule has 0 aromatic carbocycles. The molecule has 7 heteroatoms. The van der Waals surface area contributed by atoms with Crippen LogP contribution >= 0.6 is 11.6 Å². The maximum Gasteiger partial charge on any atom is 0.407 e. The number of alkyl carbamates (subject to hydrolysis) is 1. The van der Waals surface area contributed by atoms with Crippen molar-refractivity contribution in [2.45, 2.75) is 83.4 Å². The molecular formula is C23H37ClN4O2. The molecule has 2 fully saturated rings. The number of carbonyl (C=O) groups is 1. The van der Waals surface area contributed by atoms with Crippen LogP contribution < -0.4 is 15.5 Å². The molecule has 3 rings (SSSR count). The second-order valence-corrected chi connectivity index (χ2v) is 10.1. The van der Waals surface area contributed by atoms with Gasteiger partial charge in [0.05, 0.1) is 11.9 Å². The van der Waals surface area contributed by atoms with Crippen molar-refractivity contribution < 1.29 is 9.53 Å². The van der Waals surface area contributed by atoms with Crippen LogP contribution in [0, 0.1) is 5.92 Å². The van der Waals surface area contributed by atoms with Crippen molar-refractivity contribution in [1.29, 1.82) is 0 Å². The lowest BCUT2D eigenvalue weighted by atomic mass is 9.90. The van der Waals surface area contributed by atoms with Crippen molar-refractivity contribution in [3.8, 4) is 0 Å². The molecule has 168 valence electrons. The minimum Gasteiger partial charge on any atom is -0.444 e. The predicted molar refractivity (Wildman–Crippen MR) is 122 cm³/mol. The topological polar surface area (TPSA) is 66.5 Å². The Morgan fingerprint density at radius 2 is 1.80 bits per heavy atom. The molecular weight excluding hydrogens is 400 g/mol. The Balaban J connectivity index is 1.27. The molecule has 30 heavy (non-hydrogen) atoms. The molecule has 0 radical (unpaired) electrons. The highest BCUT2D eigenvalue weighted by molar-refractivity contribution is 6.29. The van der Waals surface area contributed by atoms with Crippen molar-refractivity contribution in [3.05, 3.63) is 23.5 Å². The van der Waals surface area contributed by atoms with Gasteiger partial charge in [0.25, 0.3) is 0 Å². The zero-order valence-corrected chi connectivity index (χ0v) is 19.4. The van der Waals surface area contributed by atoms with Crippen LogP contribution in [-0.4, -0.2) is 48.4 Å². The van der Waals surface area contributed by atoms with Crippen molar-refractivity contribution in [2.24, 2.45) is 5.92 Å². The minimum absolute atomic E-state index is 0.240. The average molecular weight is 437 g/mol. The van der Waals surface area contributed by atoms with E-state index in [0.29, 0.717) is 11.2 Å². The summed E-state index contributed by atoms with van der Waals surface area (Å²) in [5, 5.41) is 7.32. The predicted octanol–water partition coefficient (Wildman–Crippen LogP) is 4.77. The number of ether oxygens (including phenoxy) is 1. The van der Waals surface area contributed by atoms with Crippen LogP contribution in [0.3, 0.4) is 0 Å². The second kappa shape index (κ2) is 10.7. The number of halogens is 1. The Morgan fingerprint density at radius 3 is 2.40 bits per heavy atom. The van der Waals surface area contributed by atoms with Gasteiger partial charge < -0.3 is 20.3 Å². The van der Waals surface area contributed by atoms with Crippen LogP contribution in [0.25, 0.3) is 0 Å². The SMILES string of the molecule is CC(C)(C)OC(=O)NC1CCC(NCCC2CCN(c3ccc(Cl)nc3)CC2)CC1. The molecule has 2 heterocycles. The van der Waals surface area contributed by atoms with Crippen molar-refractivity contribution in [3.63, 3.8) is 0 Å². The molecule has 1 aliphatic heterocycles. The van der Waals surface area contributed by atoms with Crippen molar-refractivity contribution >= 4 is 23.4 Å². The Hall–Kier alpha value is -1.53. The van der Waals surface area contributed by atoms with Gasteiger partial charge in [-0.25, -0.2) is 9.78 Å². The molecule has 6 nitrogen and oxygen atoms in total. The van der Waals surface area contributed by atoms with E-state index in [1.807, 2.05) is 33.0 Å². The van der Waals surface area contributed by atoms with Gasteiger partial charge in [0.1, 0.15) is 10.8 Å². The van der Waals surface area contributed by atoms with Gasteiger partial charge in [-0.3, -0.25) is 0 Å². The van der Waals surface area contributed by atoms with Crippen LogP contribution in [0.15, 0.2) is 18.3 Å². The number of pyridine rings is 1. The molecule has 1 aliphatic carbocycles. The van der Waals surface area contributed by atoms with Crippen LogP contribution in [0.5, 0.6) is 0 Å². The number of aromatic nitrogens is 1. The normalized spacial score (nSPS) is 23.3. The van der Waals surface area contributed by atoms with Gasteiger partial charge in [-0.2, -0.15) is 0 Å². The van der Waals surface area contributed by atoms with Crippen molar-refractivity contribution in [1.82, 2.24) is 15.6 Å². The Kier molecular flexibility index (Phi) is 8.23. The molecule has 1 saturated heterocycles. The first kappa shape index (κ1) is 23.1. The number of nitrogens with zero attached hydrogens (tertiary/aromatic N) is 2. The summed E-state index contributed by atoms with van der Waals surface area (Å²) in [6.45, 7) is 8.96.